The van der Waals surface area contributed by atoms with Crippen molar-refractivity contribution in [2.75, 3.05) is 6.61 Å². The zero-order valence-electron chi connectivity index (χ0n) is 13.3. The van der Waals surface area contributed by atoms with Crippen molar-refractivity contribution in [3.63, 3.8) is 0 Å². The number of rotatable bonds is 7. The number of ether oxygens (including phenoxy) is 1. The van der Waals surface area contributed by atoms with Gasteiger partial charge in [0, 0.05) is 0 Å². The molecule has 0 aromatic heterocycles. The van der Waals surface area contributed by atoms with Crippen molar-refractivity contribution in [2.45, 2.75) is 19.0 Å². The van der Waals surface area contributed by atoms with Crippen LogP contribution in [0.15, 0.2) is 42.5 Å². The van der Waals surface area contributed by atoms with Crippen LogP contribution in [0.1, 0.15) is 23.1 Å². The molecule has 0 radical (unpaired) electrons. The fraction of sp³-hybridized carbons (Fsp3) is 0.235. The lowest BCUT2D eigenvalue weighted by molar-refractivity contribution is -0.757. The standard InChI is InChI=1S/C17H13F3N2O4/c18-17(19,20)15-7-2-8-16(14(15)11-21)26-13-6-1-4-12(10-13)5-3-9-25-22(23)24/h1-2,4,6-8,10H,3,5,9H2. The molecule has 0 spiro atoms. The second kappa shape index (κ2) is 8.20. The normalized spacial score (nSPS) is 10.8. The molecule has 0 aliphatic heterocycles. The van der Waals surface area contributed by atoms with Crippen LogP contribution < -0.4 is 4.74 Å². The molecule has 2 aromatic carbocycles. The van der Waals surface area contributed by atoms with Crippen LogP contribution in [0, 0.1) is 21.4 Å². The number of hydrogen-bond donors (Lipinski definition) is 0. The minimum atomic E-state index is -4.66. The molecule has 0 saturated heterocycles. The molecule has 0 unspecified atom stereocenters. The van der Waals surface area contributed by atoms with Gasteiger partial charge in [0.05, 0.1) is 12.2 Å². The van der Waals surface area contributed by atoms with Crippen LogP contribution in [0.5, 0.6) is 11.5 Å². The highest BCUT2D eigenvalue weighted by molar-refractivity contribution is 5.51. The van der Waals surface area contributed by atoms with Gasteiger partial charge in [0.2, 0.25) is 0 Å². The quantitative estimate of drug-likeness (QED) is 0.409. The molecule has 0 saturated carbocycles. The fourth-order valence-corrected chi connectivity index (χ4v) is 2.27. The predicted octanol–water partition coefficient (Wildman–Crippen LogP) is 4.51. The second-order valence-corrected chi connectivity index (χ2v) is 5.20. The van der Waals surface area contributed by atoms with Gasteiger partial charge in [-0.1, -0.05) is 18.2 Å². The van der Waals surface area contributed by atoms with E-state index in [9.17, 15) is 23.3 Å². The molecule has 6 nitrogen and oxygen atoms in total. The van der Waals surface area contributed by atoms with E-state index in [0.717, 1.165) is 17.7 Å². The lowest BCUT2D eigenvalue weighted by Crippen LogP contribution is -2.08. The number of hydrogen-bond acceptors (Lipinski definition) is 5. The summed E-state index contributed by atoms with van der Waals surface area (Å²) in [6.07, 6.45) is -3.82. The van der Waals surface area contributed by atoms with Crippen molar-refractivity contribution in [1.82, 2.24) is 0 Å². The average molecular weight is 366 g/mol. The van der Waals surface area contributed by atoms with Crippen molar-refractivity contribution in [3.8, 4) is 17.6 Å². The van der Waals surface area contributed by atoms with Crippen LogP contribution in [0.25, 0.3) is 0 Å². The predicted molar refractivity (Wildman–Crippen MR) is 83.9 cm³/mol. The van der Waals surface area contributed by atoms with Gasteiger partial charge < -0.3 is 9.57 Å². The molecule has 0 amide bonds. The van der Waals surface area contributed by atoms with Gasteiger partial charge in [-0.2, -0.15) is 18.4 Å². The summed E-state index contributed by atoms with van der Waals surface area (Å²) in [5.41, 5.74) is -0.893. The Labute approximate surface area is 146 Å². The minimum Gasteiger partial charge on any atom is -0.456 e. The molecule has 2 rings (SSSR count). The van der Waals surface area contributed by atoms with E-state index in [1.165, 1.54) is 12.1 Å². The van der Waals surface area contributed by atoms with Gasteiger partial charge in [0.1, 0.15) is 23.1 Å². The highest BCUT2D eigenvalue weighted by atomic mass is 19.4. The summed E-state index contributed by atoms with van der Waals surface area (Å²) in [4.78, 5) is 14.3. The Kier molecular flexibility index (Phi) is 6.01. The molecule has 0 aliphatic carbocycles. The van der Waals surface area contributed by atoms with Gasteiger partial charge in [0.15, 0.2) is 0 Å². The third-order valence-electron chi connectivity index (χ3n) is 3.38. The van der Waals surface area contributed by atoms with Crippen LogP contribution in [-0.2, 0) is 17.4 Å². The third kappa shape index (κ3) is 5.11. The number of benzene rings is 2. The van der Waals surface area contributed by atoms with E-state index < -0.39 is 22.4 Å². The molecule has 136 valence electrons. The van der Waals surface area contributed by atoms with Crippen LogP contribution in [0.3, 0.4) is 0 Å². The highest BCUT2D eigenvalue weighted by Crippen LogP contribution is 2.37. The molecule has 0 fully saturated rings. The fourth-order valence-electron chi connectivity index (χ4n) is 2.27. The van der Waals surface area contributed by atoms with Gasteiger partial charge in [-0.3, -0.25) is 0 Å². The topological polar surface area (TPSA) is 85.4 Å². The van der Waals surface area contributed by atoms with E-state index in [1.54, 1.807) is 24.3 Å². The Morgan fingerprint density at radius 3 is 2.58 bits per heavy atom. The van der Waals surface area contributed by atoms with Gasteiger partial charge in [-0.15, -0.1) is 10.1 Å². The first-order valence-corrected chi connectivity index (χ1v) is 7.45. The first-order chi connectivity index (χ1) is 12.3. The van der Waals surface area contributed by atoms with E-state index in [1.807, 2.05) is 0 Å². The zero-order chi connectivity index (χ0) is 19.2. The molecular formula is C17H13F3N2O4. The van der Waals surface area contributed by atoms with Crippen LogP contribution in [0.4, 0.5) is 13.2 Å². The molecule has 2 aromatic rings. The maximum Gasteiger partial charge on any atom is 0.417 e. The first-order valence-electron chi connectivity index (χ1n) is 7.45. The SMILES string of the molecule is N#Cc1c(Oc2cccc(CCCO[N+](=O)[O-])c2)cccc1C(F)(F)F. The highest BCUT2D eigenvalue weighted by Gasteiger charge is 2.34. The Morgan fingerprint density at radius 1 is 1.19 bits per heavy atom. The van der Waals surface area contributed by atoms with Gasteiger partial charge in [-0.05, 0) is 42.7 Å². The van der Waals surface area contributed by atoms with Crippen LogP contribution >= 0.6 is 0 Å². The molecule has 9 heteroatoms. The molecular weight excluding hydrogens is 353 g/mol. The van der Waals surface area contributed by atoms with Crippen molar-refractivity contribution in [3.05, 3.63) is 69.3 Å². The molecule has 0 aliphatic rings. The molecule has 0 N–H and O–H groups in total. The summed E-state index contributed by atoms with van der Waals surface area (Å²) in [6, 6.07) is 11.3. The largest absolute Gasteiger partial charge is 0.456 e. The van der Waals surface area contributed by atoms with E-state index in [4.69, 9.17) is 10.00 Å². The summed E-state index contributed by atoms with van der Waals surface area (Å²) in [7, 11) is 0. The summed E-state index contributed by atoms with van der Waals surface area (Å²) in [6.45, 7) is -0.0652. The number of aryl methyl sites for hydroxylation is 1. The van der Waals surface area contributed by atoms with E-state index in [-0.39, 0.29) is 18.1 Å². The van der Waals surface area contributed by atoms with Crippen molar-refractivity contribution >= 4 is 0 Å². The Hall–Kier alpha value is -3.28. The summed E-state index contributed by atoms with van der Waals surface area (Å²) in [5, 5.41) is 18.3. The number of nitriles is 1. The second-order valence-electron chi connectivity index (χ2n) is 5.20. The average Bonchev–Trinajstić information content (AvgIpc) is 2.58. The van der Waals surface area contributed by atoms with E-state index >= 15 is 0 Å². The first kappa shape index (κ1) is 19.1. The maximum atomic E-state index is 13.0. The number of nitrogens with zero attached hydrogens (tertiary/aromatic N) is 2. The Morgan fingerprint density at radius 2 is 1.92 bits per heavy atom. The van der Waals surface area contributed by atoms with E-state index in [2.05, 4.69) is 4.84 Å². The number of alkyl halides is 3. The van der Waals surface area contributed by atoms with Gasteiger partial charge in [-0.25, -0.2) is 0 Å². The Bertz CT molecular complexity index is 831. The number of halogens is 3. The van der Waals surface area contributed by atoms with E-state index in [0.29, 0.717) is 12.8 Å². The molecule has 0 atom stereocenters. The Balaban J connectivity index is 2.15. The molecule has 0 bridgehead atoms. The van der Waals surface area contributed by atoms with Crippen LogP contribution in [0.2, 0.25) is 0 Å². The third-order valence-corrected chi connectivity index (χ3v) is 3.38. The minimum absolute atomic E-state index is 0.0652. The van der Waals surface area contributed by atoms with Crippen LogP contribution in [-0.4, -0.2) is 11.7 Å². The summed E-state index contributed by atoms with van der Waals surface area (Å²) >= 11 is 0. The van der Waals surface area contributed by atoms with Gasteiger partial charge in [0.25, 0.3) is 5.09 Å². The van der Waals surface area contributed by atoms with Gasteiger partial charge >= 0.3 is 6.18 Å². The maximum absolute atomic E-state index is 13.0. The van der Waals surface area contributed by atoms with Crippen molar-refractivity contribution in [2.24, 2.45) is 0 Å². The monoisotopic (exact) mass is 366 g/mol. The smallest absolute Gasteiger partial charge is 0.417 e. The summed E-state index contributed by atoms with van der Waals surface area (Å²) < 4.78 is 44.4. The summed E-state index contributed by atoms with van der Waals surface area (Å²) in [5.74, 6) is 0.0599. The van der Waals surface area contributed by atoms with Crippen molar-refractivity contribution < 1.29 is 27.8 Å². The molecule has 0 heterocycles. The van der Waals surface area contributed by atoms with Crippen molar-refractivity contribution in [1.29, 1.82) is 5.26 Å². The molecule has 26 heavy (non-hydrogen) atoms. The zero-order valence-corrected chi connectivity index (χ0v) is 13.3. The lowest BCUT2D eigenvalue weighted by atomic mass is 10.1. The lowest BCUT2D eigenvalue weighted by Gasteiger charge is -2.13.